The number of carbonyl (C=O) groups is 1. The fourth-order valence-electron chi connectivity index (χ4n) is 3.06. The van der Waals surface area contributed by atoms with Crippen LogP contribution in [-0.4, -0.2) is 36.8 Å². The third kappa shape index (κ3) is 3.20. The molecule has 1 aliphatic rings. The predicted octanol–water partition coefficient (Wildman–Crippen LogP) is 0.338. The zero-order valence-electron chi connectivity index (χ0n) is 15.5. The Kier molecular flexibility index (Phi) is 5.12. The third-order valence-corrected chi connectivity index (χ3v) is 4.23. The van der Waals surface area contributed by atoms with Crippen molar-refractivity contribution in [2.75, 3.05) is 20.8 Å². The first-order chi connectivity index (χ1) is 13.4. The van der Waals surface area contributed by atoms with Crippen LogP contribution in [0.5, 0.6) is 17.4 Å². The first-order valence-electron chi connectivity index (χ1n) is 8.34. The molecule has 28 heavy (non-hydrogen) atoms. The van der Waals surface area contributed by atoms with Crippen LogP contribution >= 0.6 is 0 Å². The number of methoxy groups -OCH3 is 2. The Morgan fingerprint density at radius 1 is 1.18 bits per heavy atom. The smallest absolute Gasteiger partial charge is 0.340 e. The van der Waals surface area contributed by atoms with E-state index in [1.807, 2.05) is 0 Å². The number of esters is 1. The summed E-state index contributed by atoms with van der Waals surface area (Å²) < 4.78 is 21.0. The summed E-state index contributed by atoms with van der Waals surface area (Å²) in [6, 6.07) is 4.88. The number of rotatable bonds is 5. The van der Waals surface area contributed by atoms with E-state index in [1.165, 1.54) is 14.2 Å². The zero-order valence-corrected chi connectivity index (χ0v) is 15.5. The number of benzene rings is 1. The van der Waals surface area contributed by atoms with Crippen LogP contribution in [0.15, 0.2) is 39.2 Å². The summed E-state index contributed by atoms with van der Waals surface area (Å²) in [6.45, 7) is 1.74. The second-order valence-corrected chi connectivity index (χ2v) is 5.80. The van der Waals surface area contributed by atoms with Gasteiger partial charge < -0.3 is 24.7 Å². The Hall–Kier alpha value is -3.69. The normalized spacial score (nSPS) is 15.5. The number of ether oxygens (including phenoxy) is 4. The molecule has 1 aromatic heterocycles. The minimum absolute atomic E-state index is 0.0177. The second-order valence-electron chi connectivity index (χ2n) is 5.80. The van der Waals surface area contributed by atoms with Gasteiger partial charge in [0.15, 0.2) is 11.5 Å². The molecule has 10 heteroatoms. The van der Waals surface area contributed by atoms with Crippen LogP contribution in [0.3, 0.4) is 0 Å². The van der Waals surface area contributed by atoms with E-state index < -0.39 is 23.1 Å². The van der Waals surface area contributed by atoms with E-state index in [9.17, 15) is 14.4 Å². The number of aromatic amines is 2. The standard InChI is InChI=1S/C18H19N3O7/c1-4-27-17(23)12-11(8-5-6-9(25-2)10(7-8)26-3)13-15(22)20-18(24)21-16(13)28-14(12)19/h5-7,11H,4,19H2,1-3H3,(H2,20,21,22,24)/t11-/m1/s1. The maximum atomic E-state index is 12.6. The molecule has 0 saturated heterocycles. The molecule has 1 atom stereocenters. The number of hydrogen-bond acceptors (Lipinski definition) is 8. The van der Waals surface area contributed by atoms with E-state index in [4.69, 9.17) is 24.7 Å². The Bertz CT molecular complexity index is 1070. The van der Waals surface area contributed by atoms with Crippen LogP contribution in [0.2, 0.25) is 0 Å². The summed E-state index contributed by atoms with van der Waals surface area (Å²) in [5, 5.41) is 0. The molecular formula is C18H19N3O7. The number of nitrogens with two attached hydrogens (primary N) is 1. The average Bonchev–Trinajstić information content (AvgIpc) is 2.66. The number of hydrogen-bond donors (Lipinski definition) is 3. The first kappa shape index (κ1) is 19.1. The number of nitrogens with one attached hydrogen (secondary N) is 2. The lowest BCUT2D eigenvalue weighted by molar-refractivity contribution is -0.139. The predicted molar refractivity (Wildman–Crippen MR) is 97.5 cm³/mol. The summed E-state index contributed by atoms with van der Waals surface area (Å²) in [6.07, 6.45) is 0. The zero-order chi connectivity index (χ0) is 20.4. The van der Waals surface area contributed by atoms with Gasteiger partial charge in [-0.05, 0) is 24.6 Å². The van der Waals surface area contributed by atoms with Crippen molar-refractivity contribution in [3.05, 3.63) is 61.6 Å². The molecule has 1 aromatic carbocycles. The molecule has 0 spiro atoms. The number of fused-ring (bicyclic) bond motifs is 1. The van der Waals surface area contributed by atoms with Crippen LogP contribution in [0.1, 0.15) is 24.0 Å². The minimum Gasteiger partial charge on any atom is -0.493 e. The van der Waals surface area contributed by atoms with Crippen molar-refractivity contribution in [3.63, 3.8) is 0 Å². The van der Waals surface area contributed by atoms with Crippen molar-refractivity contribution < 1.29 is 23.7 Å². The van der Waals surface area contributed by atoms with E-state index in [1.54, 1.807) is 25.1 Å². The Labute approximate surface area is 158 Å². The van der Waals surface area contributed by atoms with Crippen LogP contribution in [0, 0.1) is 0 Å². The monoisotopic (exact) mass is 389 g/mol. The molecule has 0 bridgehead atoms. The van der Waals surface area contributed by atoms with Crippen molar-refractivity contribution in [1.29, 1.82) is 0 Å². The molecule has 1 aliphatic heterocycles. The molecule has 3 rings (SSSR count). The molecule has 0 amide bonds. The summed E-state index contributed by atoms with van der Waals surface area (Å²) in [4.78, 5) is 41.3. The van der Waals surface area contributed by atoms with Gasteiger partial charge in [0.05, 0.1) is 32.3 Å². The van der Waals surface area contributed by atoms with E-state index >= 15 is 0 Å². The van der Waals surface area contributed by atoms with Gasteiger partial charge in [-0.2, -0.15) is 0 Å². The topological polar surface area (TPSA) is 146 Å². The van der Waals surface area contributed by atoms with Crippen molar-refractivity contribution in [3.8, 4) is 17.4 Å². The van der Waals surface area contributed by atoms with E-state index in [0.717, 1.165) is 0 Å². The number of aromatic nitrogens is 2. The van der Waals surface area contributed by atoms with E-state index in [2.05, 4.69) is 9.97 Å². The van der Waals surface area contributed by atoms with Gasteiger partial charge in [-0.15, -0.1) is 0 Å². The first-order valence-corrected chi connectivity index (χ1v) is 8.34. The highest BCUT2D eigenvalue weighted by atomic mass is 16.5. The number of carbonyl (C=O) groups excluding carboxylic acids is 1. The number of H-pyrrole nitrogens is 2. The SMILES string of the molecule is CCOC(=O)C1=C(N)Oc2[nH]c(=O)[nH]c(=O)c2[C@@H]1c1ccc(OC)c(OC)c1. The summed E-state index contributed by atoms with van der Waals surface area (Å²) >= 11 is 0. The molecule has 0 radical (unpaired) electrons. The van der Waals surface area contributed by atoms with Gasteiger partial charge in [0.25, 0.3) is 5.56 Å². The maximum absolute atomic E-state index is 12.6. The molecule has 4 N–H and O–H groups in total. The van der Waals surface area contributed by atoms with Crippen molar-refractivity contribution in [2.45, 2.75) is 12.8 Å². The molecule has 0 unspecified atom stereocenters. The molecule has 0 aliphatic carbocycles. The molecule has 2 aromatic rings. The maximum Gasteiger partial charge on any atom is 0.340 e. The quantitative estimate of drug-likeness (QED) is 0.621. The highest BCUT2D eigenvalue weighted by molar-refractivity contribution is 5.92. The lowest BCUT2D eigenvalue weighted by Gasteiger charge is -2.27. The van der Waals surface area contributed by atoms with Crippen molar-refractivity contribution >= 4 is 5.97 Å². The minimum atomic E-state index is -0.955. The lowest BCUT2D eigenvalue weighted by atomic mass is 9.84. The average molecular weight is 389 g/mol. The highest BCUT2D eigenvalue weighted by Crippen LogP contribution is 2.41. The van der Waals surface area contributed by atoms with Crippen molar-refractivity contribution in [1.82, 2.24) is 9.97 Å². The molecule has 0 saturated carbocycles. The van der Waals surface area contributed by atoms with Gasteiger partial charge in [-0.25, -0.2) is 9.59 Å². The second kappa shape index (κ2) is 7.51. The van der Waals surface area contributed by atoms with Crippen LogP contribution in [0.4, 0.5) is 0 Å². The van der Waals surface area contributed by atoms with E-state index in [0.29, 0.717) is 17.1 Å². The molecule has 10 nitrogen and oxygen atoms in total. The van der Waals surface area contributed by atoms with Gasteiger partial charge in [-0.1, -0.05) is 6.07 Å². The van der Waals surface area contributed by atoms with Crippen LogP contribution in [-0.2, 0) is 9.53 Å². The fourth-order valence-corrected chi connectivity index (χ4v) is 3.06. The van der Waals surface area contributed by atoms with Gasteiger partial charge in [0.2, 0.25) is 11.8 Å². The lowest BCUT2D eigenvalue weighted by Crippen LogP contribution is -2.35. The third-order valence-electron chi connectivity index (χ3n) is 4.23. The van der Waals surface area contributed by atoms with E-state index in [-0.39, 0.29) is 29.5 Å². The summed E-state index contributed by atoms with van der Waals surface area (Å²) in [5.74, 6) is -1.26. The highest BCUT2D eigenvalue weighted by Gasteiger charge is 2.38. The van der Waals surface area contributed by atoms with Gasteiger partial charge >= 0.3 is 11.7 Å². The summed E-state index contributed by atoms with van der Waals surface area (Å²) in [5.41, 5.74) is 4.92. The van der Waals surface area contributed by atoms with Gasteiger partial charge in [0.1, 0.15) is 5.57 Å². The molecule has 2 heterocycles. The summed E-state index contributed by atoms with van der Waals surface area (Å²) in [7, 11) is 2.94. The molecule has 148 valence electrons. The van der Waals surface area contributed by atoms with Gasteiger partial charge in [0, 0.05) is 0 Å². The Morgan fingerprint density at radius 2 is 1.89 bits per heavy atom. The molecular weight excluding hydrogens is 370 g/mol. The Morgan fingerprint density at radius 3 is 2.54 bits per heavy atom. The van der Waals surface area contributed by atoms with Crippen LogP contribution < -0.4 is 31.2 Å². The Balaban J connectivity index is 2.29. The van der Waals surface area contributed by atoms with Gasteiger partial charge in [-0.3, -0.25) is 14.8 Å². The molecule has 0 fully saturated rings. The fraction of sp³-hybridized carbons (Fsp3) is 0.278. The largest absolute Gasteiger partial charge is 0.493 e. The van der Waals surface area contributed by atoms with Crippen molar-refractivity contribution in [2.24, 2.45) is 5.73 Å². The van der Waals surface area contributed by atoms with Crippen LogP contribution in [0.25, 0.3) is 0 Å².